The van der Waals surface area contributed by atoms with E-state index >= 15 is 0 Å². The molecule has 7 nitrogen and oxygen atoms in total. The minimum absolute atomic E-state index is 0.00273. The van der Waals surface area contributed by atoms with Crippen molar-refractivity contribution < 1.29 is 17.6 Å². The third kappa shape index (κ3) is 1.94. The minimum atomic E-state index is -3.16. The Labute approximate surface area is 105 Å². The average molecular weight is 273 g/mol. The van der Waals surface area contributed by atoms with Crippen LogP contribution in [0.1, 0.15) is 17.7 Å². The fourth-order valence-electron chi connectivity index (χ4n) is 2.66. The Hall–Kier alpha value is -0.990. The monoisotopic (exact) mass is 273 g/mol. The van der Waals surface area contributed by atoms with Crippen molar-refractivity contribution in [3.63, 3.8) is 0 Å². The van der Waals surface area contributed by atoms with Crippen molar-refractivity contribution in [2.75, 3.05) is 26.0 Å². The van der Waals surface area contributed by atoms with Crippen LogP contribution in [0.5, 0.6) is 0 Å². The van der Waals surface area contributed by atoms with Gasteiger partial charge in [-0.15, -0.1) is 10.2 Å². The summed E-state index contributed by atoms with van der Waals surface area (Å²) in [7, 11) is -3.16. The van der Waals surface area contributed by atoms with E-state index in [2.05, 4.69) is 10.2 Å². The number of hydrogen-bond donors (Lipinski definition) is 0. The number of sulfonamides is 1. The molecule has 0 aromatic carbocycles. The highest BCUT2D eigenvalue weighted by atomic mass is 32.2. The molecule has 0 saturated carbocycles. The SMILES string of the molecule is Cc1nnc([C@@H]2CO[C@H]3CN(S(C)(=O)=O)C[C@H]32)o1. The summed E-state index contributed by atoms with van der Waals surface area (Å²) < 4.78 is 35.6. The van der Waals surface area contributed by atoms with E-state index in [1.54, 1.807) is 6.92 Å². The van der Waals surface area contributed by atoms with Crippen LogP contribution < -0.4 is 0 Å². The Morgan fingerprint density at radius 1 is 1.33 bits per heavy atom. The van der Waals surface area contributed by atoms with Crippen molar-refractivity contribution in [3.05, 3.63) is 11.8 Å². The summed E-state index contributed by atoms with van der Waals surface area (Å²) in [5.74, 6) is 1.18. The largest absolute Gasteiger partial charge is 0.425 e. The van der Waals surface area contributed by atoms with Gasteiger partial charge in [-0.25, -0.2) is 8.42 Å². The second kappa shape index (κ2) is 4.01. The molecule has 18 heavy (non-hydrogen) atoms. The maximum absolute atomic E-state index is 11.5. The van der Waals surface area contributed by atoms with Gasteiger partial charge in [-0.2, -0.15) is 4.31 Å². The molecule has 100 valence electrons. The molecule has 2 saturated heterocycles. The zero-order valence-corrected chi connectivity index (χ0v) is 11.1. The first kappa shape index (κ1) is 12.1. The van der Waals surface area contributed by atoms with Gasteiger partial charge in [0.25, 0.3) is 0 Å². The zero-order valence-electron chi connectivity index (χ0n) is 10.2. The molecule has 3 atom stereocenters. The van der Waals surface area contributed by atoms with E-state index in [9.17, 15) is 8.42 Å². The summed E-state index contributed by atoms with van der Waals surface area (Å²) in [6, 6.07) is 0. The van der Waals surface area contributed by atoms with E-state index in [1.807, 2.05) is 0 Å². The topological polar surface area (TPSA) is 85.5 Å². The van der Waals surface area contributed by atoms with Crippen LogP contribution in [0.15, 0.2) is 4.42 Å². The lowest BCUT2D eigenvalue weighted by atomic mass is 9.93. The highest BCUT2D eigenvalue weighted by molar-refractivity contribution is 7.88. The fraction of sp³-hybridized carbons (Fsp3) is 0.800. The number of ether oxygens (including phenoxy) is 1. The quantitative estimate of drug-likeness (QED) is 0.738. The lowest BCUT2D eigenvalue weighted by Gasteiger charge is -2.15. The normalized spacial score (nSPS) is 32.9. The van der Waals surface area contributed by atoms with E-state index < -0.39 is 10.0 Å². The molecule has 2 fully saturated rings. The van der Waals surface area contributed by atoms with Gasteiger partial charge in [-0.3, -0.25) is 0 Å². The molecule has 0 amide bonds. The van der Waals surface area contributed by atoms with E-state index in [0.717, 1.165) is 0 Å². The number of aromatic nitrogens is 2. The maximum atomic E-state index is 11.5. The Bertz CT molecular complexity index is 555. The lowest BCUT2D eigenvalue weighted by Crippen LogP contribution is -2.30. The molecule has 3 heterocycles. The van der Waals surface area contributed by atoms with Gasteiger partial charge in [0.15, 0.2) is 0 Å². The van der Waals surface area contributed by atoms with Gasteiger partial charge in [0.1, 0.15) is 0 Å². The third-order valence-electron chi connectivity index (χ3n) is 3.61. The molecule has 0 radical (unpaired) electrons. The van der Waals surface area contributed by atoms with Crippen LogP contribution >= 0.6 is 0 Å². The molecule has 0 aliphatic carbocycles. The molecule has 0 unspecified atom stereocenters. The number of hydrogen-bond acceptors (Lipinski definition) is 6. The maximum Gasteiger partial charge on any atom is 0.222 e. The number of aryl methyl sites for hydroxylation is 1. The molecule has 0 spiro atoms. The van der Waals surface area contributed by atoms with Crippen molar-refractivity contribution >= 4 is 10.0 Å². The van der Waals surface area contributed by atoms with Crippen LogP contribution in [0.2, 0.25) is 0 Å². The number of fused-ring (bicyclic) bond motifs is 1. The third-order valence-corrected chi connectivity index (χ3v) is 4.85. The fourth-order valence-corrected chi connectivity index (χ4v) is 3.52. The molecule has 1 aromatic rings. The van der Waals surface area contributed by atoms with Crippen LogP contribution in [0, 0.1) is 12.8 Å². The van der Waals surface area contributed by atoms with Crippen LogP contribution in [0.4, 0.5) is 0 Å². The Balaban J connectivity index is 1.81. The van der Waals surface area contributed by atoms with E-state index in [-0.39, 0.29) is 17.9 Å². The van der Waals surface area contributed by atoms with Crippen molar-refractivity contribution in [2.24, 2.45) is 5.92 Å². The Morgan fingerprint density at radius 3 is 2.72 bits per heavy atom. The Morgan fingerprint density at radius 2 is 2.11 bits per heavy atom. The summed E-state index contributed by atoms with van der Waals surface area (Å²) in [4.78, 5) is 0. The van der Waals surface area contributed by atoms with Gasteiger partial charge < -0.3 is 9.15 Å². The van der Waals surface area contributed by atoms with Gasteiger partial charge in [0.2, 0.25) is 21.8 Å². The highest BCUT2D eigenvalue weighted by Gasteiger charge is 2.48. The predicted molar refractivity (Wildman–Crippen MR) is 61.4 cm³/mol. The highest BCUT2D eigenvalue weighted by Crippen LogP contribution is 2.39. The molecule has 3 rings (SSSR count). The summed E-state index contributed by atoms with van der Waals surface area (Å²) in [5.41, 5.74) is 0. The molecular formula is C10H15N3O4S. The van der Waals surface area contributed by atoms with E-state index in [1.165, 1.54) is 10.6 Å². The number of nitrogens with zero attached hydrogens (tertiary/aromatic N) is 3. The van der Waals surface area contributed by atoms with Crippen LogP contribution in [-0.4, -0.2) is 55.0 Å². The first-order valence-corrected chi connectivity index (χ1v) is 7.66. The number of rotatable bonds is 2. The molecule has 8 heteroatoms. The molecule has 0 bridgehead atoms. The smallest absolute Gasteiger partial charge is 0.222 e. The van der Waals surface area contributed by atoms with Gasteiger partial charge >= 0.3 is 0 Å². The van der Waals surface area contributed by atoms with Crippen molar-refractivity contribution in [2.45, 2.75) is 18.9 Å². The zero-order chi connectivity index (χ0) is 12.9. The molecule has 2 aliphatic rings. The molecule has 2 aliphatic heterocycles. The van der Waals surface area contributed by atoms with Gasteiger partial charge in [0, 0.05) is 25.9 Å². The van der Waals surface area contributed by atoms with Crippen LogP contribution in [0.25, 0.3) is 0 Å². The van der Waals surface area contributed by atoms with Gasteiger partial charge in [0.05, 0.1) is 24.9 Å². The van der Waals surface area contributed by atoms with Crippen LogP contribution in [0.3, 0.4) is 0 Å². The first-order chi connectivity index (χ1) is 8.45. The lowest BCUT2D eigenvalue weighted by molar-refractivity contribution is 0.105. The first-order valence-electron chi connectivity index (χ1n) is 5.82. The second-order valence-electron chi connectivity index (χ2n) is 4.88. The molecule has 0 N–H and O–H groups in total. The summed E-state index contributed by atoms with van der Waals surface area (Å²) in [5, 5.41) is 7.82. The van der Waals surface area contributed by atoms with E-state index in [4.69, 9.17) is 9.15 Å². The molecule has 1 aromatic heterocycles. The van der Waals surface area contributed by atoms with Gasteiger partial charge in [-0.05, 0) is 0 Å². The summed E-state index contributed by atoms with van der Waals surface area (Å²) in [6.45, 7) is 3.15. The van der Waals surface area contributed by atoms with Crippen molar-refractivity contribution in [3.8, 4) is 0 Å². The summed E-state index contributed by atoms with van der Waals surface area (Å²) in [6.07, 6.45) is 1.16. The standard InChI is InChI=1S/C10H15N3O4S/c1-6-11-12-10(17-6)8-5-16-9-4-13(3-7(8)9)18(2,14)15/h7-9H,3-5H2,1-2H3/t7-,8+,9-/m0/s1. The van der Waals surface area contributed by atoms with E-state index in [0.29, 0.717) is 31.5 Å². The van der Waals surface area contributed by atoms with Crippen LogP contribution in [-0.2, 0) is 14.8 Å². The average Bonchev–Trinajstić information content (AvgIpc) is 2.89. The summed E-state index contributed by atoms with van der Waals surface area (Å²) >= 11 is 0. The van der Waals surface area contributed by atoms with Gasteiger partial charge in [-0.1, -0.05) is 0 Å². The van der Waals surface area contributed by atoms with Crippen molar-refractivity contribution in [1.82, 2.24) is 14.5 Å². The molecular weight excluding hydrogens is 258 g/mol. The Kier molecular flexibility index (Phi) is 2.68. The minimum Gasteiger partial charge on any atom is -0.425 e. The predicted octanol–water partition coefficient (Wildman–Crippen LogP) is -0.248. The second-order valence-corrected chi connectivity index (χ2v) is 6.86. The van der Waals surface area contributed by atoms with Crippen molar-refractivity contribution in [1.29, 1.82) is 0 Å².